The van der Waals surface area contributed by atoms with E-state index < -0.39 is 11.5 Å². The van der Waals surface area contributed by atoms with Gasteiger partial charge in [-0.25, -0.2) is 0 Å². The maximum atomic E-state index is 12.9. The first kappa shape index (κ1) is 17.5. The van der Waals surface area contributed by atoms with E-state index in [0.29, 0.717) is 0 Å². The van der Waals surface area contributed by atoms with E-state index in [0.717, 1.165) is 41.0 Å². The van der Waals surface area contributed by atoms with Gasteiger partial charge in [0.1, 0.15) is 0 Å². The molecule has 0 aliphatic heterocycles. The Hall–Kier alpha value is -1.30. The van der Waals surface area contributed by atoms with E-state index in [2.05, 4.69) is 11.4 Å². The maximum Gasteiger partial charge on any atom is 0.231 e. The second-order valence-electron chi connectivity index (χ2n) is 6.27. The van der Waals surface area contributed by atoms with Crippen molar-refractivity contribution in [2.24, 2.45) is 0 Å². The van der Waals surface area contributed by atoms with Gasteiger partial charge in [-0.2, -0.15) is 0 Å². The fourth-order valence-electron chi connectivity index (χ4n) is 3.42. The van der Waals surface area contributed by atoms with Gasteiger partial charge in [0, 0.05) is 16.3 Å². The Morgan fingerprint density at radius 1 is 1.29 bits per heavy atom. The first-order valence-electron chi connectivity index (χ1n) is 8.30. The minimum atomic E-state index is -0.674. The van der Waals surface area contributed by atoms with Crippen LogP contribution in [-0.4, -0.2) is 23.8 Å². The maximum absolute atomic E-state index is 12.9. The quantitative estimate of drug-likeness (QED) is 0.761. The zero-order valence-electron chi connectivity index (χ0n) is 13.8. The highest BCUT2D eigenvalue weighted by Gasteiger charge is 2.43. The fraction of sp³-hybridized carbons (Fsp3) is 0.421. The molecule has 1 fully saturated rings. The molecule has 5 heteroatoms. The van der Waals surface area contributed by atoms with Crippen LogP contribution in [0.15, 0.2) is 46.7 Å². The highest BCUT2D eigenvalue weighted by atomic mass is 32.2. The van der Waals surface area contributed by atoms with Gasteiger partial charge in [-0.1, -0.05) is 31.0 Å². The number of thioether (sulfide) groups is 1. The monoisotopic (exact) mass is 361 g/mol. The van der Waals surface area contributed by atoms with Crippen LogP contribution in [0.3, 0.4) is 0 Å². The van der Waals surface area contributed by atoms with E-state index in [1.807, 2.05) is 42.0 Å². The van der Waals surface area contributed by atoms with Gasteiger partial charge in [-0.05, 0) is 48.2 Å². The third kappa shape index (κ3) is 3.53. The molecule has 0 bridgehead atoms. The predicted molar refractivity (Wildman–Crippen MR) is 101 cm³/mol. The van der Waals surface area contributed by atoms with Crippen LogP contribution < -0.4 is 5.32 Å². The van der Waals surface area contributed by atoms with Crippen LogP contribution in [-0.2, 0) is 10.2 Å². The molecule has 1 aromatic carbocycles. The normalized spacial score (nSPS) is 17.6. The number of amides is 1. The van der Waals surface area contributed by atoms with Crippen molar-refractivity contribution in [3.63, 3.8) is 0 Å². The Bertz CT molecular complexity index is 661. The Morgan fingerprint density at radius 2 is 2.00 bits per heavy atom. The number of carbonyl (C=O) groups is 1. The first-order valence-corrected chi connectivity index (χ1v) is 10.4. The van der Waals surface area contributed by atoms with Crippen molar-refractivity contribution in [3.8, 4) is 0 Å². The van der Waals surface area contributed by atoms with Crippen LogP contribution in [0, 0.1) is 0 Å². The van der Waals surface area contributed by atoms with Gasteiger partial charge in [-0.15, -0.1) is 23.1 Å². The molecule has 2 aromatic rings. The molecular weight excluding hydrogens is 338 g/mol. The molecule has 0 unspecified atom stereocenters. The number of rotatable bonds is 6. The summed E-state index contributed by atoms with van der Waals surface area (Å²) < 4.78 is 0. The average Bonchev–Trinajstić information content (AvgIpc) is 3.31. The lowest BCUT2D eigenvalue weighted by molar-refractivity contribution is -0.127. The molecule has 128 valence electrons. The van der Waals surface area contributed by atoms with Crippen LogP contribution in [0.5, 0.6) is 0 Å². The summed E-state index contributed by atoms with van der Waals surface area (Å²) in [5.41, 5.74) is 0.445. The SMILES string of the molecule is CSc1ccc([C@@H](O)CNC(=O)C2(c3cccs3)CCCC2)cc1. The van der Waals surface area contributed by atoms with Gasteiger partial charge in [0.2, 0.25) is 5.91 Å². The molecule has 3 rings (SSSR count). The molecule has 3 nitrogen and oxygen atoms in total. The van der Waals surface area contributed by atoms with Crippen molar-refractivity contribution >= 4 is 29.0 Å². The van der Waals surface area contributed by atoms with Crippen molar-refractivity contribution < 1.29 is 9.90 Å². The standard InChI is InChI=1S/C19H23NO2S2/c1-23-15-8-6-14(7-9-15)16(21)13-20-18(22)19(10-2-3-11-19)17-5-4-12-24-17/h4-9,12,16,21H,2-3,10-11,13H2,1H3,(H,20,22)/t16-/m0/s1. The molecule has 1 heterocycles. The van der Waals surface area contributed by atoms with E-state index in [1.54, 1.807) is 23.1 Å². The molecule has 0 saturated heterocycles. The Labute approximate surface area is 151 Å². The number of aliphatic hydroxyl groups excluding tert-OH is 1. The largest absolute Gasteiger partial charge is 0.387 e. The minimum absolute atomic E-state index is 0.0576. The molecular formula is C19H23NO2S2. The van der Waals surface area contributed by atoms with Crippen LogP contribution in [0.25, 0.3) is 0 Å². The van der Waals surface area contributed by atoms with Crippen LogP contribution in [0.2, 0.25) is 0 Å². The summed E-state index contributed by atoms with van der Waals surface area (Å²) in [5.74, 6) is 0.0576. The predicted octanol–water partition coefficient (Wildman–Crippen LogP) is 4.13. The zero-order valence-corrected chi connectivity index (χ0v) is 15.5. The van der Waals surface area contributed by atoms with Gasteiger partial charge in [0.05, 0.1) is 11.5 Å². The summed E-state index contributed by atoms with van der Waals surface area (Å²) in [6.07, 6.45) is 5.33. The number of aliphatic hydroxyl groups is 1. The molecule has 1 aliphatic carbocycles. The smallest absolute Gasteiger partial charge is 0.231 e. The zero-order chi connectivity index (χ0) is 17.0. The summed E-state index contributed by atoms with van der Waals surface area (Å²) in [6, 6.07) is 11.9. The Morgan fingerprint density at radius 3 is 2.58 bits per heavy atom. The van der Waals surface area contributed by atoms with Crippen molar-refractivity contribution in [1.29, 1.82) is 0 Å². The summed E-state index contributed by atoms with van der Waals surface area (Å²) in [7, 11) is 0. The van der Waals surface area contributed by atoms with Gasteiger partial charge in [-0.3, -0.25) is 4.79 Å². The van der Waals surface area contributed by atoms with Crippen LogP contribution in [0.4, 0.5) is 0 Å². The molecule has 0 spiro atoms. The molecule has 1 atom stereocenters. The second kappa shape index (κ2) is 7.72. The van der Waals surface area contributed by atoms with Gasteiger partial charge in [0.25, 0.3) is 0 Å². The van der Waals surface area contributed by atoms with E-state index in [1.165, 1.54) is 0 Å². The lowest BCUT2D eigenvalue weighted by Gasteiger charge is -2.27. The fourth-order valence-corrected chi connectivity index (χ4v) is 4.81. The summed E-state index contributed by atoms with van der Waals surface area (Å²) in [4.78, 5) is 15.2. The molecule has 1 aliphatic rings. The molecule has 24 heavy (non-hydrogen) atoms. The van der Waals surface area contributed by atoms with Gasteiger partial charge >= 0.3 is 0 Å². The van der Waals surface area contributed by atoms with E-state index in [9.17, 15) is 9.90 Å². The molecule has 1 saturated carbocycles. The van der Waals surface area contributed by atoms with E-state index >= 15 is 0 Å². The van der Waals surface area contributed by atoms with Crippen LogP contribution in [0.1, 0.15) is 42.2 Å². The van der Waals surface area contributed by atoms with Crippen molar-refractivity contribution in [2.45, 2.75) is 42.1 Å². The number of hydrogen-bond donors (Lipinski definition) is 2. The highest BCUT2D eigenvalue weighted by Crippen LogP contribution is 2.43. The molecule has 0 radical (unpaired) electrons. The van der Waals surface area contributed by atoms with Crippen molar-refractivity contribution in [2.75, 3.05) is 12.8 Å². The summed E-state index contributed by atoms with van der Waals surface area (Å²) in [5, 5.41) is 15.4. The topological polar surface area (TPSA) is 49.3 Å². The first-order chi connectivity index (χ1) is 11.7. The highest BCUT2D eigenvalue weighted by molar-refractivity contribution is 7.98. The molecule has 2 N–H and O–H groups in total. The minimum Gasteiger partial charge on any atom is -0.387 e. The number of nitrogens with one attached hydrogen (secondary N) is 1. The summed E-state index contributed by atoms with van der Waals surface area (Å²) >= 11 is 3.33. The van der Waals surface area contributed by atoms with E-state index in [4.69, 9.17) is 0 Å². The Balaban J connectivity index is 1.65. The Kier molecular flexibility index (Phi) is 5.64. The van der Waals surface area contributed by atoms with Crippen LogP contribution >= 0.6 is 23.1 Å². The second-order valence-corrected chi connectivity index (χ2v) is 8.09. The number of benzene rings is 1. The molecule has 1 amide bonds. The molecule has 1 aromatic heterocycles. The number of thiophene rings is 1. The average molecular weight is 362 g/mol. The van der Waals surface area contributed by atoms with Crippen molar-refractivity contribution in [3.05, 3.63) is 52.2 Å². The lowest BCUT2D eigenvalue weighted by Crippen LogP contribution is -2.43. The lowest BCUT2D eigenvalue weighted by atomic mass is 9.83. The van der Waals surface area contributed by atoms with E-state index in [-0.39, 0.29) is 12.5 Å². The third-order valence-electron chi connectivity index (χ3n) is 4.84. The summed E-state index contributed by atoms with van der Waals surface area (Å²) in [6.45, 7) is 0.255. The third-order valence-corrected chi connectivity index (χ3v) is 6.66. The number of carbonyl (C=O) groups excluding carboxylic acids is 1. The number of hydrogen-bond acceptors (Lipinski definition) is 4. The van der Waals surface area contributed by atoms with Gasteiger partial charge < -0.3 is 10.4 Å². The van der Waals surface area contributed by atoms with Gasteiger partial charge in [0.15, 0.2) is 0 Å². The van der Waals surface area contributed by atoms with Crippen molar-refractivity contribution in [1.82, 2.24) is 5.32 Å².